The van der Waals surface area contributed by atoms with Crippen LogP contribution in [0.15, 0.2) is 30.8 Å². The first kappa shape index (κ1) is 11.0. The normalized spacial score (nSPS) is 13.7. The largest absolute Gasteiger partial charge is 0.323 e. The molecule has 1 nitrogen and oxygen atoms in total. The van der Waals surface area contributed by atoms with Gasteiger partial charge in [-0.3, -0.25) is 0 Å². The molecule has 0 aliphatic heterocycles. The summed E-state index contributed by atoms with van der Waals surface area (Å²) in [4.78, 5) is 0. The van der Waals surface area contributed by atoms with E-state index in [1.54, 1.807) is 0 Å². The Kier molecular flexibility index (Phi) is 3.12. The van der Waals surface area contributed by atoms with E-state index in [-0.39, 0.29) is 11.5 Å². The third-order valence-corrected chi connectivity index (χ3v) is 2.48. The van der Waals surface area contributed by atoms with Crippen LogP contribution in [0.25, 0.3) is 6.08 Å². The van der Waals surface area contributed by atoms with Crippen LogP contribution in [-0.2, 0) is 0 Å². The lowest BCUT2D eigenvalue weighted by Crippen LogP contribution is -2.26. The van der Waals surface area contributed by atoms with Crippen molar-refractivity contribution in [3.05, 3.63) is 42.0 Å². The van der Waals surface area contributed by atoms with Crippen molar-refractivity contribution in [1.82, 2.24) is 0 Å². The smallest absolute Gasteiger partial charge is 0.0350 e. The molecule has 0 aromatic heterocycles. The lowest BCUT2D eigenvalue weighted by molar-refractivity contribution is 0.326. The van der Waals surface area contributed by atoms with Crippen molar-refractivity contribution < 1.29 is 0 Å². The van der Waals surface area contributed by atoms with Crippen molar-refractivity contribution in [3.8, 4) is 0 Å². The van der Waals surface area contributed by atoms with Gasteiger partial charge in [-0.2, -0.15) is 0 Å². The number of hydrogen-bond acceptors (Lipinski definition) is 1. The van der Waals surface area contributed by atoms with Gasteiger partial charge in [0.05, 0.1) is 0 Å². The van der Waals surface area contributed by atoms with Crippen LogP contribution < -0.4 is 5.73 Å². The van der Waals surface area contributed by atoms with Gasteiger partial charge in [-0.05, 0) is 16.5 Å². The average molecular weight is 189 g/mol. The number of nitrogens with two attached hydrogens (primary N) is 1. The lowest BCUT2D eigenvalue weighted by atomic mass is 9.81. The van der Waals surface area contributed by atoms with E-state index in [9.17, 15) is 0 Å². The molecule has 0 aliphatic carbocycles. The van der Waals surface area contributed by atoms with Crippen LogP contribution in [-0.4, -0.2) is 0 Å². The third-order valence-electron chi connectivity index (χ3n) is 2.48. The lowest BCUT2D eigenvalue weighted by Gasteiger charge is -2.28. The molecule has 14 heavy (non-hydrogen) atoms. The molecule has 76 valence electrons. The minimum Gasteiger partial charge on any atom is -0.323 e. The fraction of sp³-hybridized carbons (Fsp3) is 0.385. The van der Waals surface area contributed by atoms with Gasteiger partial charge in [0.15, 0.2) is 0 Å². The topological polar surface area (TPSA) is 26.0 Å². The minimum atomic E-state index is 0.0525. The van der Waals surface area contributed by atoms with Crippen LogP contribution in [0.3, 0.4) is 0 Å². The van der Waals surface area contributed by atoms with Gasteiger partial charge in [0.1, 0.15) is 0 Å². The summed E-state index contributed by atoms with van der Waals surface area (Å²) in [6.07, 6.45) is 1.86. The van der Waals surface area contributed by atoms with Gasteiger partial charge < -0.3 is 5.73 Å². The molecular weight excluding hydrogens is 170 g/mol. The second-order valence-electron chi connectivity index (χ2n) is 4.68. The number of benzene rings is 1. The van der Waals surface area contributed by atoms with E-state index in [2.05, 4.69) is 33.4 Å². The molecule has 0 saturated carbocycles. The Morgan fingerprint density at radius 2 is 1.86 bits per heavy atom. The van der Waals surface area contributed by atoms with Gasteiger partial charge in [0, 0.05) is 6.04 Å². The van der Waals surface area contributed by atoms with E-state index >= 15 is 0 Å². The summed E-state index contributed by atoms with van der Waals surface area (Å²) in [6.45, 7) is 10.3. The Labute approximate surface area is 86.6 Å². The standard InChI is InChI=1S/C13H19N/c1-5-10-8-6-7-9-11(10)12(14)13(2,3)4/h5-9,12H,1,14H2,2-4H3/t12-/m1/s1. The van der Waals surface area contributed by atoms with Gasteiger partial charge in [0.2, 0.25) is 0 Å². The van der Waals surface area contributed by atoms with Crippen LogP contribution in [0, 0.1) is 5.41 Å². The Bertz CT molecular complexity index is 320. The average Bonchev–Trinajstić information content (AvgIpc) is 2.15. The Hall–Kier alpha value is -1.08. The molecule has 0 aliphatic rings. The zero-order valence-electron chi connectivity index (χ0n) is 9.25. The molecule has 0 heterocycles. The van der Waals surface area contributed by atoms with Crippen molar-refractivity contribution in [2.24, 2.45) is 11.1 Å². The molecule has 2 N–H and O–H groups in total. The first-order valence-corrected chi connectivity index (χ1v) is 4.93. The van der Waals surface area contributed by atoms with Crippen molar-refractivity contribution >= 4 is 6.08 Å². The van der Waals surface area contributed by atoms with E-state index in [0.717, 1.165) is 5.56 Å². The van der Waals surface area contributed by atoms with Crippen molar-refractivity contribution in [2.75, 3.05) is 0 Å². The molecule has 0 radical (unpaired) electrons. The van der Waals surface area contributed by atoms with Crippen LogP contribution in [0.1, 0.15) is 37.9 Å². The summed E-state index contributed by atoms with van der Waals surface area (Å²) in [5.74, 6) is 0. The molecule has 0 bridgehead atoms. The summed E-state index contributed by atoms with van der Waals surface area (Å²) in [6, 6.07) is 8.21. The van der Waals surface area contributed by atoms with E-state index in [4.69, 9.17) is 5.73 Å². The summed E-state index contributed by atoms with van der Waals surface area (Å²) in [5, 5.41) is 0. The predicted octanol–water partition coefficient (Wildman–Crippen LogP) is 3.38. The van der Waals surface area contributed by atoms with Crippen molar-refractivity contribution in [3.63, 3.8) is 0 Å². The summed E-state index contributed by atoms with van der Waals surface area (Å²) in [7, 11) is 0. The number of rotatable bonds is 2. The fourth-order valence-electron chi connectivity index (χ4n) is 1.45. The maximum Gasteiger partial charge on any atom is 0.0350 e. The van der Waals surface area contributed by atoms with E-state index in [1.807, 2.05) is 24.3 Å². The van der Waals surface area contributed by atoms with E-state index in [1.165, 1.54) is 5.56 Å². The van der Waals surface area contributed by atoms with Crippen LogP contribution in [0.2, 0.25) is 0 Å². The minimum absolute atomic E-state index is 0.0525. The molecule has 0 unspecified atom stereocenters. The third kappa shape index (κ3) is 2.24. The number of hydrogen-bond donors (Lipinski definition) is 1. The summed E-state index contributed by atoms with van der Waals surface area (Å²) < 4.78 is 0. The SMILES string of the molecule is C=Cc1ccccc1[C@@H](N)C(C)(C)C. The molecule has 1 aromatic rings. The quantitative estimate of drug-likeness (QED) is 0.758. The van der Waals surface area contributed by atoms with Crippen LogP contribution in [0.4, 0.5) is 0 Å². The van der Waals surface area contributed by atoms with E-state index in [0.29, 0.717) is 0 Å². The maximum absolute atomic E-state index is 6.20. The van der Waals surface area contributed by atoms with Gasteiger partial charge >= 0.3 is 0 Å². The highest BCUT2D eigenvalue weighted by atomic mass is 14.7. The van der Waals surface area contributed by atoms with Crippen LogP contribution in [0.5, 0.6) is 0 Å². The summed E-state index contributed by atoms with van der Waals surface area (Å²) >= 11 is 0. The Balaban J connectivity index is 3.12. The molecule has 0 saturated heterocycles. The van der Waals surface area contributed by atoms with Gasteiger partial charge in [0.25, 0.3) is 0 Å². The molecule has 0 fully saturated rings. The zero-order valence-corrected chi connectivity index (χ0v) is 9.25. The van der Waals surface area contributed by atoms with Gasteiger partial charge in [-0.1, -0.05) is 57.7 Å². The Morgan fingerprint density at radius 1 is 1.29 bits per heavy atom. The molecule has 0 amide bonds. The highest BCUT2D eigenvalue weighted by molar-refractivity contribution is 5.52. The molecular formula is C13H19N. The highest BCUT2D eigenvalue weighted by Gasteiger charge is 2.23. The Morgan fingerprint density at radius 3 is 2.36 bits per heavy atom. The van der Waals surface area contributed by atoms with Crippen LogP contribution >= 0.6 is 0 Å². The monoisotopic (exact) mass is 189 g/mol. The molecule has 1 rings (SSSR count). The first-order chi connectivity index (χ1) is 6.46. The zero-order chi connectivity index (χ0) is 10.8. The second-order valence-corrected chi connectivity index (χ2v) is 4.68. The van der Waals surface area contributed by atoms with Crippen molar-refractivity contribution in [2.45, 2.75) is 26.8 Å². The molecule has 1 aromatic carbocycles. The molecule has 1 heteroatoms. The molecule has 1 atom stereocenters. The first-order valence-electron chi connectivity index (χ1n) is 4.93. The fourth-order valence-corrected chi connectivity index (χ4v) is 1.45. The second kappa shape index (κ2) is 3.97. The highest BCUT2D eigenvalue weighted by Crippen LogP contribution is 2.32. The van der Waals surface area contributed by atoms with Gasteiger partial charge in [-0.25, -0.2) is 0 Å². The predicted molar refractivity (Wildman–Crippen MR) is 62.9 cm³/mol. The maximum atomic E-state index is 6.20. The summed E-state index contributed by atoms with van der Waals surface area (Å²) in [5.41, 5.74) is 8.59. The van der Waals surface area contributed by atoms with Crippen molar-refractivity contribution in [1.29, 1.82) is 0 Å². The molecule has 0 spiro atoms. The van der Waals surface area contributed by atoms with E-state index < -0.39 is 0 Å². The van der Waals surface area contributed by atoms with Gasteiger partial charge in [-0.15, -0.1) is 0 Å².